The fraction of sp³-hybridized carbons (Fsp3) is 1.00. The van der Waals surface area contributed by atoms with Crippen LogP contribution in [0.3, 0.4) is 0 Å². The van der Waals surface area contributed by atoms with Crippen molar-refractivity contribution in [3.05, 3.63) is 0 Å². The second-order valence-corrected chi connectivity index (χ2v) is 6.08. The van der Waals surface area contributed by atoms with Crippen LogP contribution in [0.1, 0.15) is 58.3 Å². The van der Waals surface area contributed by atoms with E-state index in [1.165, 1.54) is 19.3 Å². The minimum Gasteiger partial charge on any atom is -0.247 e. The van der Waals surface area contributed by atoms with Crippen LogP contribution in [-0.2, 0) is 19.3 Å². The zero-order chi connectivity index (χ0) is 13.9. The molecule has 0 aromatic carbocycles. The van der Waals surface area contributed by atoms with E-state index in [1.807, 2.05) is 0 Å². The molecule has 4 nitrogen and oxygen atoms in total. The maximum absolute atomic E-state index is 13.3. The Morgan fingerprint density at radius 2 is 1.67 bits per heavy atom. The van der Waals surface area contributed by atoms with E-state index >= 15 is 0 Å². The van der Waals surface area contributed by atoms with Gasteiger partial charge in [-0.15, -0.1) is 4.33 Å². The van der Waals surface area contributed by atoms with Gasteiger partial charge in [-0.3, -0.25) is 0 Å². The Labute approximate surface area is 110 Å². The number of hydrogen-bond donors (Lipinski definition) is 0. The van der Waals surface area contributed by atoms with Gasteiger partial charge in [0.25, 0.3) is 10.1 Å². The van der Waals surface area contributed by atoms with Gasteiger partial charge in [0.1, 0.15) is 6.17 Å². The monoisotopic (exact) mass is 284 g/mol. The largest absolute Gasteiger partial charge is 0.290 e. The molecule has 0 fully saturated rings. The average Bonchev–Trinajstić information content (AvgIpc) is 2.28. The summed E-state index contributed by atoms with van der Waals surface area (Å²) in [6.07, 6.45) is 7.39. The molecule has 0 aromatic heterocycles. The summed E-state index contributed by atoms with van der Waals surface area (Å²) in [5.41, 5.74) is 0. The van der Waals surface area contributed by atoms with E-state index in [9.17, 15) is 12.8 Å². The van der Waals surface area contributed by atoms with E-state index in [0.717, 1.165) is 25.5 Å². The first-order valence-corrected chi connectivity index (χ1v) is 8.42. The molecule has 0 heterocycles. The second-order valence-electron chi connectivity index (χ2n) is 4.54. The smallest absolute Gasteiger partial charge is 0.247 e. The maximum atomic E-state index is 13.3. The number of unbranched alkanes of at least 4 members (excludes halogenated alkanes) is 5. The van der Waals surface area contributed by atoms with Gasteiger partial charge in [0.15, 0.2) is 0 Å². The van der Waals surface area contributed by atoms with E-state index < -0.39 is 16.3 Å². The van der Waals surface area contributed by atoms with Crippen LogP contribution < -0.4 is 0 Å². The van der Waals surface area contributed by atoms with Crippen LogP contribution in [0.4, 0.5) is 4.39 Å². The molecule has 0 saturated heterocycles. The predicted molar refractivity (Wildman–Crippen MR) is 69.4 cm³/mol. The highest BCUT2D eigenvalue weighted by Gasteiger charge is 2.08. The van der Waals surface area contributed by atoms with Crippen molar-refractivity contribution in [1.29, 1.82) is 0 Å². The molecule has 0 aromatic rings. The van der Waals surface area contributed by atoms with Crippen molar-refractivity contribution in [2.24, 2.45) is 0 Å². The van der Waals surface area contributed by atoms with Gasteiger partial charge < -0.3 is 0 Å². The molecule has 0 rings (SSSR count). The zero-order valence-electron chi connectivity index (χ0n) is 11.4. The van der Waals surface area contributed by atoms with Crippen molar-refractivity contribution in [2.75, 3.05) is 12.9 Å². The molecule has 0 amide bonds. The van der Waals surface area contributed by atoms with Gasteiger partial charge in [0.2, 0.25) is 0 Å². The third kappa shape index (κ3) is 13.9. The number of alkyl halides is 1. The molecule has 0 aliphatic heterocycles. The molecule has 110 valence electrons. The first-order valence-electron chi connectivity index (χ1n) is 6.61. The normalized spacial score (nSPS) is 13.7. The summed E-state index contributed by atoms with van der Waals surface area (Å²) in [6.45, 7) is 2.13. The lowest BCUT2D eigenvalue weighted by Crippen LogP contribution is -2.09. The molecular formula is C12H25FO4S. The summed E-state index contributed by atoms with van der Waals surface area (Å²) >= 11 is 0. The summed E-state index contributed by atoms with van der Waals surface area (Å²) in [7, 11) is -3.60. The second kappa shape index (κ2) is 10.7. The Morgan fingerprint density at radius 1 is 1.06 bits per heavy atom. The van der Waals surface area contributed by atoms with E-state index in [4.69, 9.17) is 0 Å². The first-order chi connectivity index (χ1) is 8.45. The third-order valence-electron chi connectivity index (χ3n) is 2.56. The first kappa shape index (κ1) is 17.8. The van der Waals surface area contributed by atoms with E-state index in [0.29, 0.717) is 6.42 Å². The lowest BCUT2D eigenvalue weighted by molar-refractivity contribution is -0.203. The van der Waals surface area contributed by atoms with Crippen molar-refractivity contribution in [2.45, 2.75) is 64.5 Å². The minimum atomic E-state index is -3.60. The quantitative estimate of drug-likeness (QED) is 0.313. The van der Waals surface area contributed by atoms with Crippen LogP contribution in [0, 0.1) is 0 Å². The molecule has 1 atom stereocenters. The van der Waals surface area contributed by atoms with Crippen LogP contribution in [0.5, 0.6) is 0 Å². The van der Waals surface area contributed by atoms with E-state index in [2.05, 4.69) is 16.1 Å². The molecule has 0 radical (unpaired) electrons. The highest BCUT2D eigenvalue weighted by molar-refractivity contribution is 7.85. The predicted octanol–water partition coefficient (Wildman–Crippen LogP) is 3.37. The number of hydrogen-bond acceptors (Lipinski definition) is 4. The van der Waals surface area contributed by atoms with Gasteiger partial charge in [-0.1, -0.05) is 45.4 Å². The molecule has 18 heavy (non-hydrogen) atoms. The van der Waals surface area contributed by atoms with Crippen molar-refractivity contribution >= 4 is 10.1 Å². The standard InChI is InChI=1S/C12H25FO4S/c1-3-4-5-6-7-8-9-12(13)10-11-16-17-18(2,14)15/h12H,3-11H2,1-2H3. The third-order valence-corrected chi connectivity index (χ3v) is 2.90. The lowest BCUT2D eigenvalue weighted by Gasteiger charge is -2.07. The maximum Gasteiger partial charge on any atom is 0.290 e. The Morgan fingerprint density at radius 3 is 2.28 bits per heavy atom. The topological polar surface area (TPSA) is 52.6 Å². The van der Waals surface area contributed by atoms with Gasteiger partial charge >= 0.3 is 0 Å². The minimum absolute atomic E-state index is 0.0376. The molecule has 0 aliphatic rings. The number of rotatable bonds is 12. The zero-order valence-corrected chi connectivity index (χ0v) is 12.2. The van der Waals surface area contributed by atoms with Crippen molar-refractivity contribution < 1.29 is 22.0 Å². The van der Waals surface area contributed by atoms with Crippen LogP contribution in [0.2, 0.25) is 0 Å². The fourth-order valence-corrected chi connectivity index (χ4v) is 1.83. The summed E-state index contributed by atoms with van der Waals surface area (Å²) in [4.78, 5) is 4.40. The van der Waals surface area contributed by atoms with Crippen LogP contribution in [-0.4, -0.2) is 27.5 Å². The van der Waals surface area contributed by atoms with Crippen molar-refractivity contribution in [3.8, 4) is 0 Å². The Kier molecular flexibility index (Phi) is 10.6. The van der Waals surface area contributed by atoms with Gasteiger partial charge in [0.05, 0.1) is 12.9 Å². The van der Waals surface area contributed by atoms with Gasteiger partial charge in [-0.25, -0.2) is 9.28 Å². The summed E-state index contributed by atoms with van der Waals surface area (Å²) in [6, 6.07) is 0. The van der Waals surface area contributed by atoms with Gasteiger partial charge in [-0.05, 0) is 6.42 Å². The van der Waals surface area contributed by atoms with Crippen LogP contribution in [0.15, 0.2) is 0 Å². The van der Waals surface area contributed by atoms with Gasteiger partial charge in [0, 0.05) is 6.42 Å². The number of halogens is 1. The summed E-state index contributed by atoms with van der Waals surface area (Å²) in [5, 5.41) is 0. The molecule has 0 aliphatic carbocycles. The Hall–Kier alpha value is -0.200. The van der Waals surface area contributed by atoms with Gasteiger partial charge in [-0.2, -0.15) is 8.42 Å². The van der Waals surface area contributed by atoms with E-state index in [1.54, 1.807) is 0 Å². The molecule has 0 bridgehead atoms. The molecule has 1 unspecified atom stereocenters. The average molecular weight is 284 g/mol. The highest BCUT2D eigenvalue weighted by atomic mass is 32.2. The summed E-state index contributed by atoms with van der Waals surface area (Å²) < 4.78 is 38.4. The molecule has 0 N–H and O–H groups in total. The SMILES string of the molecule is CCCCCCCCC(F)CCOOS(C)(=O)=O. The molecule has 0 spiro atoms. The van der Waals surface area contributed by atoms with Crippen molar-refractivity contribution in [1.82, 2.24) is 0 Å². The van der Waals surface area contributed by atoms with Crippen LogP contribution >= 0.6 is 0 Å². The van der Waals surface area contributed by atoms with Crippen molar-refractivity contribution in [3.63, 3.8) is 0 Å². The van der Waals surface area contributed by atoms with Crippen LogP contribution in [0.25, 0.3) is 0 Å². The Balaban J connectivity index is 3.30. The molecule has 0 saturated carbocycles. The van der Waals surface area contributed by atoms with E-state index in [-0.39, 0.29) is 13.0 Å². The molecule has 6 heteroatoms. The lowest BCUT2D eigenvalue weighted by atomic mass is 10.1. The Bertz CT molecular complexity index is 280. The highest BCUT2D eigenvalue weighted by Crippen LogP contribution is 2.12. The fourth-order valence-electron chi connectivity index (χ4n) is 1.59. The molecular weight excluding hydrogens is 259 g/mol. The summed E-state index contributed by atoms with van der Waals surface area (Å²) in [5.74, 6) is 0.